The van der Waals surface area contributed by atoms with Crippen LogP contribution in [0.3, 0.4) is 0 Å². The number of rotatable bonds is 2. The zero-order valence-electron chi connectivity index (χ0n) is 12.9. The predicted molar refractivity (Wildman–Crippen MR) is 88.0 cm³/mol. The highest BCUT2D eigenvalue weighted by atomic mass is 16.1. The fourth-order valence-corrected chi connectivity index (χ4v) is 3.31. The van der Waals surface area contributed by atoms with Crippen molar-refractivity contribution in [2.24, 2.45) is 0 Å². The van der Waals surface area contributed by atoms with Gasteiger partial charge in [0, 0.05) is 18.0 Å². The fraction of sp³-hybridized carbons (Fsp3) is 0.222. The standard InChI is InChI=1S/C18H14N4O2/c19-10-13-8-12-4-3-5-15(12)22(18(13)24)11-14-9-17(23)21-7-2-1-6-16(21)20-14/h1-2,6-9H,3-5,11H2. The maximum Gasteiger partial charge on any atom is 0.269 e. The summed E-state index contributed by atoms with van der Waals surface area (Å²) in [5.74, 6) is 0. The van der Waals surface area contributed by atoms with Crippen LogP contribution in [0.15, 0.2) is 46.1 Å². The Morgan fingerprint density at radius 3 is 2.92 bits per heavy atom. The number of aromatic nitrogens is 3. The number of hydrogen-bond acceptors (Lipinski definition) is 4. The third-order valence-electron chi connectivity index (χ3n) is 4.41. The van der Waals surface area contributed by atoms with Gasteiger partial charge in [0.25, 0.3) is 11.1 Å². The van der Waals surface area contributed by atoms with Crippen LogP contribution in [0.25, 0.3) is 5.65 Å². The maximum atomic E-state index is 12.5. The van der Waals surface area contributed by atoms with E-state index in [1.54, 1.807) is 29.0 Å². The van der Waals surface area contributed by atoms with Gasteiger partial charge in [0.1, 0.15) is 17.3 Å². The maximum absolute atomic E-state index is 12.5. The smallest absolute Gasteiger partial charge is 0.269 e. The molecule has 0 atom stereocenters. The Kier molecular flexibility index (Phi) is 3.28. The van der Waals surface area contributed by atoms with Crippen molar-refractivity contribution in [1.82, 2.24) is 14.0 Å². The van der Waals surface area contributed by atoms with Crippen LogP contribution in [0.5, 0.6) is 0 Å². The van der Waals surface area contributed by atoms with Crippen LogP contribution in [0, 0.1) is 11.3 Å². The molecule has 0 N–H and O–H groups in total. The summed E-state index contributed by atoms with van der Waals surface area (Å²) < 4.78 is 3.06. The van der Waals surface area contributed by atoms with Crippen molar-refractivity contribution in [2.45, 2.75) is 25.8 Å². The van der Waals surface area contributed by atoms with E-state index < -0.39 is 0 Å². The van der Waals surface area contributed by atoms with Crippen molar-refractivity contribution in [3.05, 3.63) is 79.8 Å². The molecule has 6 nitrogen and oxygen atoms in total. The Hall–Kier alpha value is -3.20. The van der Waals surface area contributed by atoms with Crippen molar-refractivity contribution in [1.29, 1.82) is 5.26 Å². The van der Waals surface area contributed by atoms with E-state index in [2.05, 4.69) is 4.98 Å². The molecule has 0 unspecified atom stereocenters. The highest BCUT2D eigenvalue weighted by molar-refractivity contribution is 5.39. The average molecular weight is 318 g/mol. The van der Waals surface area contributed by atoms with E-state index in [4.69, 9.17) is 0 Å². The summed E-state index contributed by atoms with van der Waals surface area (Å²) in [7, 11) is 0. The van der Waals surface area contributed by atoms with E-state index in [-0.39, 0.29) is 23.2 Å². The van der Waals surface area contributed by atoms with E-state index in [0.717, 1.165) is 30.5 Å². The van der Waals surface area contributed by atoms with Crippen molar-refractivity contribution >= 4 is 5.65 Å². The SMILES string of the molecule is N#Cc1cc2c(n(Cc3cc(=O)n4ccccc4n3)c1=O)CCC2. The van der Waals surface area contributed by atoms with Gasteiger partial charge in [-0.25, -0.2) is 4.98 Å². The first-order valence-electron chi connectivity index (χ1n) is 7.80. The molecule has 1 aliphatic rings. The van der Waals surface area contributed by atoms with E-state index >= 15 is 0 Å². The normalized spacial score (nSPS) is 13.0. The van der Waals surface area contributed by atoms with E-state index in [1.165, 1.54) is 10.5 Å². The molecule has 0 saturated heterocycles. The minimum Gasteiger partial charge on any atom is -0.305 e. The molecule has 0 bridgehead atoms. The first-order chi connectivity index (χ1) is 11.7. The molecular weight excluding hydrogens is 304 g/mol. The van der Waals surface area contributed by atoms with Crippen LogP contribution in [0.1, 0.15) is 28.9 Å². The summed E-state index contributed by atoms with van der Waals surface area (Å²) >= 11 is 0. The molecule has 0 saturated carbocycles. The number of pyridine rings is 2. The van der Waals surface area contributed by atoms with Crippen LogP contribution in [0.4, 0.5) is 0 Å². The Labute approximate surface area is 137 Å². The van der Waals surface area contributed by atoms with Gasteiger partial charge in [-0.3, -0.25) is 14.0 Å². The molecule has 3 aromatic rings. The van der Waals surface area contributed by atoms with Gasteiger partial charge < -0.3 is 4.57 Å². The molecule has 6 heteroatoms. The quantitative estimate of drug-likeness (QED) is 0.712. The molecule has 0 radical (unpaired) electrons. The monoisotopic (exact) mass is 318 g/mol. The van der Waals surface area contributed by atoms with E-state index in [0.29, 0.717) is 11.3 Å². The molecule has 3 heterocycles. The van der Waals surface area contributed by atoms with Crippen LogP contribution < -0.4 is 11.1 Å². The van der Waals surface area contributed by atoms with Crippen LogP contribution in [-0.2, 0) is 19.4 Å². The largest absolute Gasteiger partial charge is 0.305 e. The van der Waals surface area contributed by atoms with Crippen molar-refractivity contribution in [3.63, 3.8) is 0 Å². The number of fused-ring (bicyclic) bond motifs is 2. The lowest BCUT2D eigenvalue weighted by Gasteiger charge is -2.13. The zero-order valence-corrected chi connectivity index (χ0v) is 12.9. The van der Waals surface area contributed by atoms with Gasteiger partial charge in [-0.05, 0) is 43.0 Å². The van der Waals surface area contributed by atoms with Crippen LogP contribution in [-0.4, -0.2) is 14.0 Å². The molecule has 1 aliphatic carbocycles. The summed E-state index contributed by atoms with van der Waals surface area (Å²) in [6.45, 7) is 0.206. The highest BCUT2D eigenvalue weighted by Crippen LogP contribution is 2.21. The molecule has 0 amide bonds. The molecule has 3 aromatic heterocycles. The van der Waals surface area contributed by atoms with Gasteiger partial charge in [0.15, 0.2) is 0 Å². The van der Waals surface area contributed by atoms with Crippen LogP contribution >= 0.6 is 0 Å². The molecule has 0 aliphatic heterocycles. The first kappa shape index (κ1) is 14.4. The topological polar surface area (TPSA) is 80.2 Å². The Balaban J connectivity index is 1.88. The lowest BCUT2D eigenvalue weighted by Crippen LogP contribution is -2.28. The summed E-state index contributed by atoms with van der Waals surface area (Å²) in [5.41, 5.74) is 2.72. The summed E-state index contributed by atoms with van der Waals surface area (Å²) in [4.78, 5) is 29.2. The molecule has 4 rings (SSSR count). The van der Waals surface area contributed by atoms with Crippen LogP contribution in [0.2, 0.25) is 0 Å². The van der Waals surface area contributed by atoms with E-state index in [9.17, 15) is 14.9 Å². The second kappa shape index (κ2) is 5.46. The van der Waals surface area contributed by atoms with Crippen molar-refractivity contribution in [2.75, 3.05) is 0 Å². The Morgan fingerprint density at radius 1 is 1.21 bits per heavy atom. The highest BCUT2D eigenvalue weighted by Gasteiger charge is 2.19. The minimum absolute atomic E-state index is 0.146. The van der Waals surface area contributed by atoms with Gasteiger partial charge in [0.2, 0.25) is 0 Å². The first-order valence-corrected chi connectivity index (χ1v) is 7.80. The molecule has 118 valence electrons. The molecular formula is C18H14N4O2. The Bertz CT molecular complexity index is 1120. The third kappa shape index (κ3) is 2.22. The summed E-state index contributed by atoms with van der Waals surface area (Å²) in [6, 6.07) is 10.4. The van der Waals surface area contributed by atoms with Gasteiger partial charge in [-0.1, -0.05) is 6.07 Å². The number of nitriles is 1. The van der Waals surface area contributed by atoms with Crippen molar-refractivity contribution < 1.29 is 0 Å². The lowest BCUT2D eigenvalue weighted by atomic mass is 10.1. The average Bonchev–Trinajstić information content (AvgIpc) is 3.05. The number of hydrogen-bond donors (Lipinski definition) is 0. The van der Waals surface area contributed by atoms with Gasteiger partial charge in [-0.15, -0.1) is 0 Å². The fourth-order valence-electron chi connectivity index (χ4n) is 3.31. The summed E-state index contributed by atoms with van der Waals surface area (Å²) in [5, 5.41) is 9.19. The molecule has 24 heavy (non-hydrogen) atoms. The second-order valence-corrected chi connectivity index (χ2v) is 5.90. The summed E-state index contributed by atoms with van der Waals surface area (Å²) in [6.07, 6.45) is 4.31. The predicted octanol–water partition coefficient (Wildman–Crippen LogP) is 1.26. The second-order valence-electron chi connectivity index (χ2n) is 5.90. The minimum atomic E-state index is -0.312. The molecule has 0 aromatic carbocycles. The van der Waals surface area contributed by atoms with Gasteiger partial charge in [-0.2, -0.15) is 5.26 Å². The van der Waals surface area contributed by atoms with E-state index in [1.807, 2.05) is 12.1 Å². The van der Waals surface area contributed by atoms with Gasteiger partial charge in [0.05, 0.1) is 12.2 Å². The van der Waals surface area contributed by atoms with Crippen molar-refractivity contribution in [3.8, 4) is 6.07 Å². The third-order valence-corrected chi connectivity index (χ3v) is 4.41. The number of aryl methyl sites for hydroxylation is 1. The Morgan fingerprint density at radius 2 is 2.08 bits per heavy atom. The number of nitrogens with zero attached hydrogens (tertiary/aromatic N) is 4. The lowest BCUT2D eigenvalue weighted by molar-refractivity contribution is 0.689. The zero-order chi connectivity index (χ0) is 16.7. The molecule has 0 spiro atoms. The molecule has 0 fully saturated rings. The van der Waals surface area contributed by atoms with Gasteiger partial charge >= 0.3 is 0 Å².